The summed E-state index contributed by atoms with van der Waals surface area (Å²) < 4.78 is 4.88. The maximum absolute atomic E-state index is 11.3. The number of hydrogen-bond acceptors (Lipinski definition) is 4. The quantitative estimate of drug-likeness (QED) is 0.661. The van der Waals surface area contributed by atoms with E-state index >= 15 is 0 Å². The first-order valence-corrected chi connectivity index (χ1v) is 5.55. The van der Waals surface area contributed by atoms with Gasteiger partial charge in [-0.1, -0.05) is 24.9 Å². The van der Waals surface area contributed by atoms with Gasteiger partial charge in [-0.15, -0.1) is 0 Å². The molecule has 17 heavy (non-hydrogen) atoms. The molecule has 1 aromatic heterocycles. The monoisotopic (exact) mass is 253 g/mol. The number of unbranched alkanes of at least 4 members (excludes halogenated alkanes) is 1. The number of nitriles is 1. The molecule has 0 bridgehead atoms. The van der Waals surface area contributed by atoms with E-state index in [0.717, 1.165) is 12.8 Å². The van der Waals surface area contributed by atoms with E-state index in [2.05, 4.69) is 10.3 Å². The average Bonchev–Trinajstić information content (AvgIpc) is 2.29. The Morgan fingerprint density at radius 3 is 3.06 bits per heavy atom. The molecule has 1 amide bonds. The van der Waals surface area contributed by atoms with Crippen LogP contribution in [0.2, 0.25) is 5.15 Å². The lowest BCUT2D eigenvalue weighted by Gasteiger charge is -2.07. The van der Waals surface area contributed by atoms with Crippen molar-refractivity contribution in [2.45, 2.75) is 19.8 Å². The number of rotatable bonds is 4. The van der Waals surface area contributed by atoms with Gasteiger partial charge in [-0.05, 0) is 18.6 Å². The Balaban J connectivity index is 2.64. The van der Waals surface area contributed by atoms with Crippen LogP contribution in [0.3, 0.4) is 0 Å². The zero-order valence-corrected chi connectivity index (χ0v) is 10.1. The maximum atomic E-state index is 11.3. The first-order valence-electron chi connectivity index (χ1n) is 5.17. The van der Waals surface area contributed by atoms with Crippen molar-refractivity contribution in [3.63, 3.8) is 0 Å². The van der Waals surface area contributed by atoms with E-state index in [1.54, 1.807) is 0 Å². The summed E-state index contributed by atoms with van der Waals surface area (Å²) in [5, 5.41) is 11.4. The zero-order valence-electron chi connectivity index (χ0n) is 9.36. The van der Waals surface area contributed by atoms with Crippen LogP contribution in [0.25, 0.3) is 0 Å². The molecule has 1 rings (SSSR count). The number of aromatic nitrogens is 1. The van der Waals surface area contributed by atoms with Gasteiger partial charge >= 0.3 is 6.09 Å². The smallest absolute Gasteiger partial charge is 0.412 e. The van der Waals surface area contributed by atoms with Crippen LogP contribution in [-0.4, -0.2) is 17.7 Å². The highest BCUT2D eigenvalue weighted by Crippen LogP contribution is 2.15. The molecule has 0 spiro atoms. The predicted molar refractivity (Wildman–Crippen MR) is 63.8 cm³/mol. The molecule has 90 valence electrons. The number of ether oxygens (including phenoxy) is 1. The van der Waals surface area contributed by atoms with Crippen molar-refractivity contribution in [1.29, 1.82) is 5.26 Å². The third-order valence-corrected chi connectivity index (χ3v) is 2.14. The van der Waals surface area contributed by atoms with Crippen LogP contribution in [0.4, 0.5) is 10.6 Å². The molecule has 0 saturated heterocycles. The van der Waals surface area contributed by atoms with Crippen LogP contribution < -0.4 is 5.32 Å². The molecule has 0 unspecified atom stereocenters. The Morgan fingerprint density at radius 1 is 1.65 bits per heavy atom. The fraction of sp³-hybridized carbons (Fsp3) is 0.364. The number of carbonyl (C=O) groups is 1. The van der Waals surface area contributed by atoms with Gasteiger partial charge in [-0.25, -0.2) is 9.78 Å². The fourth-order valence-corrected chi connectivity index (χ4v) is 1.21. The maximum Gasteiger partial charge on any atom is 0.412 e. The van der Waals surface area contributed by atoms with E-state index in [1.807, 2.05) is 13.0 Å². The van der Waals surface area contributed by atoms with Gasteiger partial charge in [0.05, 0.1) is 12.2 Å². The molecule has 0 aliphatic heterocycles. The minimum Gasteiger partial charge on any atom is -0.449 e. The number of nitrogens with zero attached hydrogens (tertiary/aromatic N) is 2. The summed E-state index contributed by atoms with van der Waals surface area (Å²) in [7, 11) is 0. The lowest BCUT2D eigenvalue weighted by molar-refractivity contribution is 0.160. The Labute approximate surface area is 104 Å². The molecular weight excluding hydrogens is 242 g/mol. The zero-order chi connectivity index (χ0) is 12.7. The number of pyridine rings is 1. The van der Waals surface area contributed by atoms with E-state index in [-0.39, 0.29) is 16.5 Å². The summed E-state index contributed by atoms with van der Waals surface area (Å²) in [6.45, 7) is 2.33. The van der Waals surface area contributed by atoms with Gasteiger partial charge in [0, 0.05) is 0 Å². The Morgan fingerprint density at radius 2 is 2.41 bits per heavy atom. The van der Waals surface area contributed by atoms with E-state index < -0.39 is 6.09 Å². The van der Waals surface area contributed by atoms with Gasteiger partial charge < -0.3 is 4.74 Å². The van der Waals surface area contributed by atoms with Crippen LogP contribution in [-0.2, 0) is 4.74 Å². The van der Waals surface area contributed by atoms with Gasteiger partial charge in [0.1, 0.15) is 11.2 Å². The predicted octanol–water partition coefficient (Wildman–Crippen LogP) is 2.96. The largest absolute Gasteiger partial charge is 0.449 e. The molecular formula is C11H12ClN3O2. The molecule has 1 heterocycles. The van der Waals surface area contributed by atoms with Crippen molar-refractivity contribution in [2.75, 3.05) is 11.9 Å². The summed E-state index contributed by atoms with van der Waals surface area (Å²) >= 11 is 5.67. The number of halogens is 1. The second-order valence-corrected chi connectivity index (χ2v) is 3.64. The van der Waals surface area contributed by atoms with Crippen LogP contribution >= 0.6 is 11.6 Å². The number of amides is 1. The second-order valence-electron chi connectivity index (χ2n) is 3.26. The molecule has 0 atom stereocenters. The molecule has 1 N–H and O–H groups in total. The summed E-state index contributed by atoms with van der Waals surface area (Å²) in [5.74, 6) is 0.112. The Hall–Kier alpha value is -1.80. The molecule has 1 aromatic rings. The third kappa shape index (κ3) is 4.29. The summed E-state index contributed by atoms with van der Waals surface area (Å²) in [6.07, 6.45) is 1.10. The molecule has 0 fully saturated rings. The highest BCUT2D eigenvalue weighted by molar-refractivity contribution is 6.29. The highest BCUT2D eigenvalue weighted by Gasteiger charge is 2.09. The van der Waals surface area contributed by atoms with Gasteiger partial charge in [0.2, 0.25) is 0 Å². The van der Waals surface area contributed by atoms with Gasteiger partial charge in [0.15, 0.2) is 5.82 Å². The summed E-state index contributed by atoms with van der Waals surface area (Å²) in [5.41, 5.74) is 0.238. The molecule has 0 saturated carbocycles. The first kappa shape index (κ1) is 13.3. The van der Waals surface area contributed by atoms with Gasteiger partial charge in [-0.3, -0.25) is 5.32 Å². The molecule has 0 aromatic carbocycles. The lowest BCUT2D eigenvalue weighted by Crippen LogP contribution is -2.16. The number of nitrogens with one attached hydrogen (secondary N) is 1. The highest BCUT2D eigenvalue weighted by atomic mass is 35.5. The van der Waals surface area contributed by atoms with Crippen LogP contribution in [0.15, 0.2) is 12.1 Å². The Bertz CT molecular complexity index is 443. The number of hydrogen-bond donors (Lipinski definition) is 1. The number of carbonyl (C=O) groups excluding carboxylic acids is 1. The van der Waals surface area contributed by atoms with Crippen molar-refractivity contribution < 1.29 is 9.53 Å². The summed E-state index contributed by atoms with van der Waals surface area (Å²) in [4.78, 5) is 15.2. The third-order valence-electron chi connectivity index (χ3n) is 1.93. The minimum absolute atomic E-state index is 0.112. The molecule has 5 nitrogen and oxygen atoms in total. The topological polar surface area (TPSA) is 75.0 Å². The van der Waals surface area contributed by atoms with Crippen LogP contribution in [0.5, 0.6) is 0 Å². The number of anilines is 1. The molecule has 0 aliphatic rings. The SMILES string of the molecule is CCCCOC(=O)Nc1nc(Cl)ccc1C#N. The van der Waals surface area contributed by atoms with E-state index in [0.29, 0.717) is 6.61 Å². The normalized spacial score (nSPS) is 9.47. The minimum atomic E-state index is -0.635. The first-order chi connectivity index (χ1) is 8.17. The van der Waals surface area contributed by atoms with E-state index in [9.17, 15) is 4.79 Å². The lowest BCUT2D eigenvalue weighted by atomic mass is 10.3. The molecule has 0 radical (unpaired) electrons. The van der Waals surface area contributed by atoms with Crippen molar-refractivity contribution in [3.05, 3.63) is 22.8 Å². The second kappa shape index (κ2) is 6.71. The van der Waals surface area contributed by atoms with E-state index in [4.69, 9.17) is 21.6 Å². The van der Waals surface area contributed by atoms with Crippen LogP contribution in [0, 0.1) is 11.3 Å². The van der Waals surface area contributed by atoms with Crippen LogP contribution in [0.1, 0.15) is 25.3 Å². The molecule has 0 aliphatic carbocycles. The fourth-order valence-electron chi connectivity index (χ4n) is 1.06. The van der Waals surface area contributed by atoms with Crippen molar-refractivity contribution in [3.8, 4) is 6.07 Å². The van der Waals surface area contributed by atoms with Crippen molar-refractivity contribution >= 4 is 23.5 Å². The van der Waals surface area contributed by atoms with Crippen molar-refractivity contribution in [2.24, 2.45) is 0 Å². The van der Waals surface area contributed by atoms with Crippen molar-refractivity contribution in [1.82, 2.24) is 4.98 Å². The van der Waals surface area contributed by atoms with E-state index in [1.165, 1.54) is 12.1 Å². The van der Waals surface area contributed by atoms with Gasteiger partial charge in [0.25, 0.3) is 0 Å². The molecule has 6 heteroatoms. The standard InChI is InChI=1S/C11H12ClN3O2/c1-2-3-6-17-11(16)15-10-8(7-13)4-5-9(12)14-10/h4-5H,2-3,6H2,1H3,(H,14,15,16). The Kier molecular flexibility index (Phi) is 5.24. The van der Waals surface area contributed by atoms with Gasteiger partial charge in [-0.2, -0.15) is 5.26 Å². The summed E-state index contributed by atoms with van der Waals surface area (Å²) in [6, 6.07) is 4.87. The average molecular weight is 254 g/mol.